The second kappa shape index (κ2) is 8.25. The molecule has 98 valence electrons. The zero-order chi connectivity index (χ0) is 12.5. The van der Waals surface area contributed by atoms with Crippen LogP contribution in [0.4, 0.5) is 0 Å². The summed E-state index contributed by atoms with van der Waals surface area (Å²) >= 11 is 5.12. The quantitative estimate of drug-likeness (QED) is 0.468. The van der Waals surface area contributed by atoms with E-state index < -0.39 is 0 Å². The van der Waals surface area contributed by atoms with E-state index in [9.17, 15) is 4.79 Å². The van der Waals surface area contributed by atoms with E-state index in [2.05, 4.69) is 16.0 Å². The molecule has 17 heavy (non-hydrogen) atoms. The fourth-order valence-electron chi connectivity index (χ4n) is 1.64. The Morgan fingerprint density at radius 1 is 1.65 bits per heavy atom. The third-order valence-electron chi connectivity index (χ3n) is 2.55. The average molecular weight is 259 g/mol. The van der Waals surface area contributed by atoms with Gasteiger partial charge in [0.15, 0.2) is 5.11 Å². The number of hydrogen-bond acceptors (Lipinski definition) is 3. The van der Waals surface area contributed by atoms with E-state index >= 15 is 0 Å². The lowest BCUT2D eigenvalue weighted by atomic mass is 10.1. The largest absolute Gasteiger partial charge is 0.382 e. The molecule has 1 saturated heterocycles. The third-order valence-corrected chi connectivity index (χ3v) is 2.81. The minimum Gasteiger partial charge on any atom is -0.382 e. The van der Waals surface area contributed by atoms with E-state index in [-0.39, 0.29) is 11.9 Å². The Hall–Kier alpha value is -0.880. The van der Waals surface area contributed by atoms with E-state index in [1.165, 1.54) is 0 Å². The number of nitrogens with one attached hydrogen (secondary N) is 3. The fraction of sp³-hybridized carbons (Fsp3) is 0.818. The molecule has 6 heteroatoms. The molecule has 3 N–H and O–H groups in total. The van der Waals surface area contributed by atoms with Crippen molar-refractivity contribution in [3.8, 4) is 0 Å². The second-order valence-corrected chi connectivity index (χ2v) is 4.34. The molecule has 0 radical (unpaired) electrons. The minimum atomic E-state index is -0.185. The number of piperidine rings is 1. The molecular weight excluding hydrogens is 238 g/mol. The summed E-state index contributed by atoms with van der Waals surface area (Å²) in [5.74, 6) is 0.0368. The Bertz CT molecular complexity index is 261. The molecule has 1 fully saturated rings. The van der Waals surface area contributed by atoms with E-state index in [1.807, 2.05) is 6.92 Å². The molecule has 0 saturated carbocycles. The standard InChI is InChI=1S/C11H21N3O2S/c1-2-16-8-4-7-13-11(17)14-9-5-3-6-12-10(9)15/h9H,2-8H2,1H3,(H,12,15)(H2,13,14,17). The van der Waals surface area contributed by atoms with Gasteiger partial charge in [0.25, 0.3) is 0 Å². The van der Waals surface area contributed by atoms with Crippen LogP contribution in [0.25, 0.3) is 0 Å². The first-order chi connectivity index (χ1) is 8.24. The number of rotatable bonds is 6. The van der Waals surface area contributed by atoms with Gasteiger partial charge in [-0.15, -0.1) is 0 Å². The molecule has 0 bridgehead atoms. The van der Waals surface area contributed by atoms with Gasteiger partial charge in [-0.2, -0.15) is 0 Å². The Morgan fingerprint density at radius 2 is 2.47 bits per heavy atom. The molecule has 0 aromatic heterocycles. The van der Waals surface area contributed by atoms with Crippen LogP contribution in [0.3, 0.4) is 0 Å². The summed E-state index contributed by atoms with van der Waals surface area (Å²) in [7, 11) is 0. The number of carbonyl (C=O) groups excluding carboxylic acids is 1. The van der Waals surface area contributed by atoms with Gasteiger partial charge in [0, 0.05) is 26.3 Å². The molecule has 0 spiro atoms. The number of amides is 1. The van der Waals surface area contributed by atoms with E-state index in [0.29, 0.717) is 5.11 Å². The third kappa shape index (κ3) is 5.83. The van der Waals surface area contributed by atoms with E-state index in [1.54, 1.807) is 0 Å². The smallest absolute Gasteiger partial charge is 0.242 e. The summed E-state index contributed by atoms with van der Waals surface area (Å²) in [5, 5.41) is 9.45. The Balaban J connectivity index is 2.09. The molecule has 1 unspecified atom stereocenters. The lowest BCUT2D eigenvalue weighted by Crippen LogP contribution is -2.52. The first kappa shape index (κ1) is 14.2. The van der Waals surface area contributed by atoms with E-state index in [0.717, 1.165) is 45.6 Å². The van der Waals surface area contributed by atoms with Crippen molar-refractivity contribution in [2.24, 2.45) is 0 Å². The van der Waals surface area contributed by atoms with Crippen LogP contribution in [-0.2, 0) is 9.53 Å². The van der Waals surface area contributed by atoms with Gasteiger partial charge in [0.1, 0.15) is 6.04 Å². The van der Waals surface area contributed by atoms with Crippen molar-refractivity contribution in [1.82, 2.24) is 16.0 Å². The summed E-state index contributed by atoms with van der Waals surface area (Å²) in [6, 6.07) is -0.185. The highest BCUT2D eigenvalue weighted by atomic mass is 32.1. The summed E-state index contributed by atoms with van der Waals surface area (Å²) in [5.41, 5.74) is 0. The minimum absolute atomic E-state index is 0.0368. The monoisotopic (exact) mass is 259 g/mol. The van der Waals surface area contributed by atoms with Crippen LogP contribution in [0.5, 0.6) is 0 Å². The van der Waals surface area contributed by atoms with Gasteiger partial charge >= 0.3 is 0 Å². The van der Waals surface area contributed by atoms with Gasteiger partial charge in [-0.3, -0.25) is 4.79 Å². The van der Waals surface area contributed by atoms with Crippen molar-refractivity contribution in [3.05, 3.63) is 0 Å². The highest BCUT2D eigenvalue weighted by Crippen LogP contribution is 2.02. The van der Waals surface area contributed by atoms with Crippen LogP contribution < -0.4 is 16.0 Å². The van der Waals surface area contributed by atoms with Crippen LogP contribution in [0, 0.1) is 0 Å². The lowest BCUT2D eigenvalue weighted by molar-refractivity contribution is -0.124. The Kier molecular flexibility index (Phi) is 6.88. The molecule has 1 aliphatic rings. The zero-order valence-corrected chi connectivity index (χ0v) is 11.1. The molecule has 1 atom stereocenters. The van der Waals surface area contributed by atoms with Crippen molar-refractivity contribution in [2.45, 2.75) is 32.2 Å². The average Bonchev–Trinajstić information content (AvgIpc) is 2.32. The van der Waals surface area contributed by atoms with Crippen LogP contribution in [-0.4, -0.2) is 43.4 Å². The molecular formula is C11H21N3O2S. The first-order valence-corrected chi connectivity index (χ1v) is 6.54. The highest BCUT2D eigenvalue weighted by Gasteiger charge is 2.21. The maximum absolute atomic E-state index is 11.5. The van der Waals surface area contributed by atoms with Crippen molar-refractivity contribution in [3.63, 3.8) is 0 Å². The van der Waals surface area contributed by atoms with E-state index in [4.69, 9.17) is 17.0 Å². The SMILES string of the molecule is CCOCCCNC(=S)NC1CCCNC1=O. The number of ether oxygens (including phenoxy) is 1. The van der Waals surface area contributed by atoms with Gasteiger partial charge in [-0.25, -0.2) is 0 Å². The zero-order valence-electron chi connectivity index (χ0n) is 10.3. The molecule has 1 rings (SSSR count). The molecule has 0 aromatic carbocycles. The van der Waals surface area contributed by atoms with Crippen LogP contribution in [0.15, 0.2) is 0 Å². The molecule has 5 nitrogen and oxygen atoms in total. The van der Waals surface area contributed by atoms with Gasteiger partial charge in [0.2, 0.25) is 5.91 Å². The van der Waals surface area contributed by atoms with Crippen molar-refractivity contribution in [2.75, 3.05) is 26.3 Å². The predicted octanol–water partition coefficient (Wildman–Crippen LogP) is 0.156. The van der Waals surface area contributed by atoms with Gasteiger partial charge in [-0.05, 0) is 38.4 Å². The molecule has 0 aliphatic carbocycles. The van der Waals surface area contributed by atoms with Gasteiger partial charge in [-0.1, -0.05) is 0 Å². The van der Waals surface area contributed by atoms with Crippen molar-refractivity contribution in [1.29, 1.82) is 0 Å². The maximum Gasteiger partial charge on any atom is 0.242 e. The maximum atomic E-state index is 11.5. The van der Waals surface area contributed by atoms with Crippen molar-refractivity contribution >= 4 is 23.2 Å². The molecule has 0 aromatic rings. The summed E-state index contributed by atoms with van der Waals surface area (Å²) in [6.07, 6.45) is 2.75. The molecule has 1 aliphatic heterocycles. The summed E-state index contributed by atoms with van der Waals surface area (Å²) in [4.78, 5) is 11.5. The summed E-state index contributed by atoms with van der Waals surface area (Å²) < 4.78 is 5.21. The number of thiocarbonyl (C=S) groups is 1. The predicted molar refractivity (Wildman–Crippen MR) is 70.9 cm³/mol. The first-order valence-electron chi connectivity index (χ1n) is 6.14. The molecule has 1 heterocycles. The van der Waals surface area contributed by atoms with Crippen LogP contribution in [0.2, 0.25) is 0 Å². The lowest BCUT2D eigenvalue weighted by Gasteiger charge is -2.24. The number of carbonyl (C=O) groups is 1. The topological polar surface area (TPSA) is 62.4 Å². The van der Waals surface area contributed by atoms with Crippen LogP contribution >= 0.6 is 12.2 Å². The molecule has 1 amide bonds. The van der Waals surface area contributed by atoms with Gasteiger partial charge in [0.05, 0.1) is 0 Å². The Morgan fingerprint density at radius 3 is 3.18 bits per heavy atom. The highest BCUT2D eigenvalue weighted by molar-refractivity contribution is 7.80. The van der Waals surface area contributed by atoms with Gasteiger partial charge < -0.3 is 20.7 Å². The van der Waals surface area contributed by atoms with Crippen LogP contribution in [0.1, 0.15) is 26.2 Å². The second-order valence-electron chi connectivity index (χ2n) is 3.94. The summed E-state index contributed by atoms with van der Waals surface area (Å²) in [6.45, 7) is 4.98. The number of hydrogen-bond donors (Lipinski definition) is 3. The van der Waals surface area contributed by atoms with Crippen molar-refractivity contribution < 1.29 is 9.53 Å². The Labute approximate surface area is 108 Å². The normalized spacial score (nSPS) is 19.6. The fourth-order valence-corrected chi connectivity index (χ4v) is 1.88.